The van der Waals surface area contributed by atoms with Crippen LogP contribution in [0.15, 0.2) is 28.9 Å². The third-order valence-electron chi connectivity index (χ3n) is 3.36. The molecule has 1 aromatic carbocycles. The molecule has 0 unspecified atom stereocenters. The van der Waals surface area contributed by atoms with E-state index in [4.69, 9.17) is 0 Å². The molecule has 0 aliphatic carbocycles. The monoisotopic (exact) mass is 353 g/mol. The number of aromatic nitrogens is 2. The van der Waals surface area contributed by atoms with Crippen LogP contribution in [0.25, 0.3) is 0 Å². The summed E-state index contributed by atoms with van der Waals surface area (Å²) in [5.41, 5.74) is 2.03. The van der Waals surface area contributed by atoms with Crippen LogP contribution in [0.2, 0.25) is 0 Å². The first-order chi connectivity index (χ1) is 9.99. The second kappa shape index (κ2) is 7.18. The average Bonchev–Trinajstić information content (AvgIpc) is 2.76. The molecular formula is C16H21BrFN3. The molecule has 3 nitrogen and oxygen atoms in total. The lowest BCUT2D eigenvalue weighted by atomic mass is 10.2. The Labute approximate surface area is 133 Å². The highest BCUT2D eigenvalue weighted by molar-refractivity contribution is 9.10. The van der Waals surface area contributed by atoms with Gasteiger partial charge in [-0.25, -0.2) is 9.37 Å². The molecule has 0 spiro atoms. The predicted molar refractivity (Wildman–Crippen MR) is 86.7 cm³/mol. The predicted octanol–water partition coefficient (Wildman–Crippen LogP) is 3.89. The van der Waals surface area contributed by atoms with Gasteiger partial charge >= 0.3 is 0 Å². The lowest BCUT2D eigenvalue weighted by Crippen LogP contribution is -2.21. The van der Waals surface area contributed by atoms with E-state index in [1.807, 2.05) is 19.2 Å². The normalized spacial score (nSPS) is 11.3. The second-order valence-corrected chi connectivity index (χ2v) is 6.41. The van der Waals surface area contributed by atoms with Crippen LogP contribution < -0.4 is 5.32 Å². The summed E-state index contributed by atoms with van der Waals surface area (Å²) in [5, 5.41) is 3.42. The van der Waals surface area contributed by atoms with Gasteiger partial charge < -0.3 is 9.88 Å². The number of halogens is 2. The number of benzene rings is 1. The highest BCUT2D eigenvalue weighted by Crippen LogP contribution is 2.22. The van der Waals surface area contributed by atoms with E-state index in [2.05, 4.69) is 44.6 Å². The van der Waals surface area contributed by atoms with Gasteiger partial charge in [-0.1, -0.05) is 26.0 Å². The maximum atomic E-state index is 13.6. The van der Waals surface area contributed by atoms with Crippen LogP contribution in [0, 0.1) is 18.7 Å². The van der Waals surface area contributed by atoms with Crippen molar-refractivity contribution in [3.05, 3.63) is 51.8 Å². The van der Waals surface area contributed by atoms with E-state index in [-0.39, 0.29) is 5.82 Å². The van der Waals surface area contributed by atoms with E-state index >= 15 is 0 Å². The zero-order chi connectivity index (χ0) is 15.4. The molecule has 21 heavy (non-hydrogen) atoms. The van der Waals surface area contributed by atoms with Gasteiger partial charge in [-0.3, -0.25) is 0 Å². The van der Waals surface area contributed by atoms with Crippen molar-refractivity contribution in [2.75, 3.05) is 6.54 Å². The van der Waals surface area contributed by atoms with Crippen molar-refractivity contribution in [1.82, 2.24) is 14.9 Å². The molecule has 0 atom stereocenters. The van der Waals surface area contributed by atoms with Crippen molar-refractivity contribution in [2.45, 2.75) is 33.9 Å². The first-order valence-electron chi connectivity index (χ1n) is 7.13. The summed E-state index contributed by atoms with van der Waals surface area (Å²) in [6.07, 6.45) is 1.88. The Kier molecular flexibility index (Phi) is 5.53. The van der Waals surface area contributed by atoms with Crippen LogP contribution in [0.5, 0.6) is 0 Å². The van der Waals surface area contributed by atoms with E-state index in [9.17, 15) is 4.39 Å². The highest BCUT2D eigenvalue weighted by Gasteiger charge is 2.11. The van der Waals surface area contributed by atoms with Crippen molar-refractivity contribution >= 4 is 15.9 Å². The van der Waals surface area contributed by atoms with Gasteiger partial charge in [-0.2, -0.15) is 0 Å². The molecule has 0 aliphatic rings. The maximum Gasteiger partial charge on any atom is 0.137 e. The number of imidazole rings is 1. The summed E-state index contributed by atoms with van der Waals surface area (Å²) >= 11 is 3.32. The summed E-state index contributed by atoms with van der Waals surface area (Å²) in [6.45, 7) is 8.68. The molecule has 0 aliphatic heterocycles. The van der Waals surface area contributed by atoms with Crippen molar-refractivity contribution in [2.24, 2.45) is 5.92 Å². The summed E-state index contributed by atoms with van der Waals surface area (Å²) in [5.74, 6) is 1.32. The minimum atomic E-state index is -0.232. The largest absolute Gasteiger partial charge is 0.327 e. The third-order valence-corrected chi connectivity index (χ3v) is 4.24. The Balaban J connectivity index is 2.16. The van der Waals surface area contributed by atoms with Gasteiger partial charge in [0.25, 0.3) is 0 Å². The van der Waals surface area contributed by atoms with Crippen LogP contribution in [0.3, 0.4) is 0 Å². The highest BCUT2D eigenvalue weighted by atomic mass is 79.9. The van der Waals surface area contributed by atoms with E-state index in [0.29, 0.717) is 16.9 Å². The van der Waals surface area contributed by atoms with Gasteiger partial charge in [0.2, 0.25) is 0 Å². The summed E-state index contributed by atoms with van der Waals surface area (Å²) in [4.78, 5) is 4.38. The fraction of sp³-hybridized carbons (Fsp3) is 0.438. The van der Waals surface area contributed by atoms with Crippen molar-refractivity contribution in [1.29, 1.82) is 0 Å². The van der Waals surface area contributed by atoms with E-state index in [1.165, 1.54) is 6.07 Å². The smallest absolute Gasteiger partial charge is 0.137 e. The molecule has 0 amide bonds. The number of nitrogens with zero attached hydrogens (tertiary/aromatic N) is 2. The fourth-order valence-corrected chi connectivity index (χ4v) is 2.59. The lowest BCUT2D eigenvalue weighted by molar-refractivity contribution is 0.537. The van der Waals surface area contributed by atoms with Gasteiger partial charge in [0, 0.05) is 12.7 Å². The van der Waals surface area contributed by atoms with E-state index in [1.54, 1.807) is 6.07 Å². The number of nitrogens with one attached hydrogen (secondary N) is 1. The van der Waals surface area contributed by atoms with Crippen molar-refractivity contribution in [3.63, 3.8) is 0 Å². The molecule has 1 aromatic heterocycles. The Morgan fingerprint density at radius 3 is 2.86 bits per heavy atom. The fourth-order valence-electron chi connectivity index (χ4n) is 2.20. The molecule has 0 saturated carbocycles. The van der Waals surface area contributed by atoms with Crippen LogP contribution in [-0.4, -0.2) is 16.1 Å². The molecule has 0 radical (unpaired) electrons. The molecule has 1 N–H and O–H groups in total. The minimum Gasteiger partial charge on any atom is -0.327 e. The number of hydrogen-bond acceptors (Lipinski definition) is 2. The number of rotatable bonds is 6. The summed E-state index contributed by atoms with van der Waals surface area (Å²) in [7, 11) is 0. The van der Waals surface area contributed by atoms with Crippen molar-refractivity contribution < 1.29 is 4.39 Å². The molecule has 1 heterocycles. The van der Waals surface area contributed by atoms with E-state index in [0.717, 1.165) is 30.2 Å². The van der Waals surface area contributed by atoms with Gasteiger partial charge in [-0.15, -0.1) is 0 Å². The topological polar surface area (TPSA) is 29.9 Å². The summed E-state index contributed by atoms with van der Waals surface area (Å²) in [6, 6.07) is 5.12. The molecule has 0 bridgehead atoms. The van der Waals surface area contributed by atoms with Crippen LogP contribution in [0.1, 0.15) is 30.9 Å². The Hall–Kier alpha value is -1.20. The van der Waals surface area contributed by atoms with Gasteiger partial charge in [0.15, 0.2) is 0 Å². The zero-order valence-electron chi connectivity index (χ0n) is 12.7. The Morgan fingerprint density at radius 2 is 2.14 bits per heavy atom. The van der Waals surface area contributed by atoms with Gasteiger partial charge in [0.1, 0.15) is 11.6 Å². The van der Waals surface area contributed by atoms with Crippen LogP contribution in [0.4, 0.5) is 4.39 Å². The number of hydrogen-bond donors (Lipinski definition) is 1. The second-order valence-electron chi connectivity index (χ2n) is 5.62. The minimum absolute atomic E-state index is 0.232. The standard InChI is InChI=1S/C16H21BrFN3/c1-11(2)7-19-8-14-9-20-12(3)21(14)10-13-5-4-6-15(18)16(13)17/h4-6,9,11,19H,7-8,10H2,1-3H3. The first kappa shape index (κ1) is 16.2. The molecule has 2 aromatic rings. The van der Waals surface area contributed by atoms with Crippen molar-refractivity contribution in [3.8, 4) is 0 Å². The molecule has 114 valence electrons. The Morgan fingerprint density at radius 1 is 1.38 bits per heavy atom. The van der Waals surface area contributed by atoms with Gasteiger partial charge in [0.05, 0.1) is 16.7 Å². The molecule has 2 rings (SSSR count). The summed E-state index contributed by atoms with van der Waals surface area (Å²) < 4.78 is 16.3. The quantitative estimate of drug-likeness (QED) is 0.853. The Bertz CT molecular complexity index is 608. The van der Waals surface area contributed by atoms with Gasteiger partial charge in [-0.05, 0) is 46.9 Å². The van der Waals surface area contributed by atoms with E-state index < -0.39 is 0 Å². The average molecular weight is 354 g/mol. The molecule has 5 heteroatoms. The molecule has 0 saturated heterocycles. The van der Waals surface area contributed by atoms with Crippen LogP contribution >= 0.6 is 15.9 Å². The lowest BCUT2D eigenvalue weighted by Gasteiger charge is -2.13. The molecule has 0 fully saturated rings. The third kappa shape index (κ3) is 4.14. The number of aryl methyl sites for hydroxylation is 1. The van der Waals surface area contributed by atoms with Crippen LogP contribution in [-0.2, 0) is 13.1 Å². The maximum absolute atomic E-state index is 13.6. The first-order valence-corrected chi connectivity index (χ1v) is 7.93. The zero-order valence-corrected chi connectivity index (χ0v) is 14.2. The molecular weight excluding hydrogens is 333 g/mol. The SMILES string of the molecule is Cc1ncc(CNCC(C)C)n1Cc1cccc(F)c1Br.